The van der Waals surface area contributed by atoms with E-state index in [1.807, 2.05) is 0 Å². The molecule has 0 unspecified atom stereocenters. The Bertz CT molecular complexity index is 329. The zero-order valence-corrected chi connectivity index (χ0v) is 8.98. The van der Waals surface area contributed by atoms with Gasteiger partial charge in [-0.15, -0.1) is 0 Å². The molecule has 1 aromatic carbocycles. The SMILES string of the molecule is OC[C@H](NC[C@@H](O)C(F)(F)F)c1ccccc1. The van der Waals surface area contributed by atoms with Gasteiger partial charge >= 0.3 is 6.18 Å². The van der Waals surface area contributed by atoms with E-state index in [0.717, 1.165) is 0 Å². The number of rotatable bonds is 5. The number of halogens is 3. The van der Waals surface area contributed by atoms with Crippen LogP contribution in [0.3, 0.4) is 0 Å². The predicted octanol–water partition coefficient (Wildman–Crippen LogP) is 1.23. The van der Waals surface area contributed by atoms with Gasteiger partial charge in [-0.2, -0.15) is 13.2 Å². The van der Waals surface area contributed by atoms with E-state index >= 15 is 0 Å². The van der Waals surface area contributed by atoms with Crippen LogP contribution in [0.4, 0.5) is 13.2 Å². The van der Waals surface area contributed by atoms with E-state index < -0.39 is 24.9 Å². The number of nitrogens with one attached hydrogen (secondary N) is 1. The van der Waals surface area contributed by atoms with Gasteiger partial charge in [0.25, 0.3) is 0 Å². The van der Waals surface area contributed by atoms with Gasteiger partial charge in [0.15, 0.2) is 6.10 Å². The molecular formula is C11H14F3NO2. The summed E-state index contributed by atoms with van der Waals surface area (Å²) in [4.78, 5) is 0. The Morgan fingerprint density at radius 3 is 2.24 bits per heavy atom. The maximum atomic E-state index is 12.1. The van der Waals surface area contributed by atoms with Crippen LogP contribution < -0.4 is 5.32 Å². The zero-order valence-electron chi connectivity index (χ0n) is 8.98. The van der Waals surface area contributed by atoms with E-state index in [0.29, 0.717) is 5.56 Å². The molecular weight excluding hydrogens is 235 g/mol. The predicted molar refractivity (Wildman–Crippen MR) is 56.3 cm³/mol. The highest BCUT2D eigenvalue weighted by atomic mass is 19.4. The first-order chi connectivity index (χ1) is 7.95. The molecule has 3 N–H and O–H groups in total. The zero-order chi connectivity index (χ0) is 12.9. The van der Waals surface area contributed by atoms with Crippen molar-refractivity contribution in [1.82, 2.24) is 5.32 Å². The van der Waals surface area contributed by atoms with Crippen molar-refractivity contribution in [2.24, 2.45) is 0 Å². The van der Waals surface area contributed by atoms with Crippen molar-refractivity contribution in [3.8, 4) is 0 Å². The minimum atomic E-state index is -4.65. The summed E-state index contributed by atoms with van der Waals surface area (Å²) in [6.07, 6.45) is -7.08. The fourth-order valence-electron chi connectivity index (χ4n) is 1.34. The van der Waals surface area contributed by atoms with Crippen molar-refractivity contribution in [2.45, 2.75) is 18.3 Å². The topological polar surface area (TPSA) is 52.5 Å². The lowest BCUT2D eigenvalue weighted by molar-refractivity contribution is -0.202. The van der Waals surface area contributed by atoms with Gasteiger partial charge in [0.1, 0.15) is 0 Å². The van der Waals surface area contributed by atoms with E-state index in [-0.39, 0.29) is 6.61 Å². The first-order valence-electron chi connectivity index (χ1n) is 5.09. The summed E-state index contributed by atoms with van der Waals surface area (Å²) in [5.74, 6) is 0. The van der Waals surface area contributed by atoms with Crippen LogP contribution in [0.25, 0.3) is 0 Å². The van der Waals surface area contributed by atoms with Crippen LogP contribution >= 0.6 is 0 Å². The largest absolute Gasteiger partial charge is 0.415 e. The van der Waals surface area contributed by atoms with Crippen LogP contribution in [-0.4, -0.2) is 35.6 Å². The van der Waals surface area contributed by atoms with E-state index in [1.54, 1.807) is 30.3 Å². The second kappa shape index (κ2) is 6.00. The van der Waals surface area contributed by atoms with Gasteiger partial charge in [-0.05, 0) is 5.56 Å². The quantitative estimate of drug-likeness (QED) is 0.735. The molecule has 17 heavy (non-hydrogen) atoms. The molecule has 6 heteroatoms. The third-order valence-electron chi connectivity index (χ3n) is 2.32. The molecule has 0 aliphatic heterocycles. The Morgan fingerprint density at radius 2 is 1.76 bits per heavy atom. The molecule has 1 aromatic rings. The summed E-state index contributed by atoms with van der Waals surface area (Å²) in [6, 6.07) is 7.97. The molecule has 2 atom stereocenters. The lowest BCUT2D eigenvalue weighted by Crippen LogP contribution is -2.40. The molecule has 0 aliphatic carbocycles. The van der Waals surface area contributed by atoms with Crippen LogP contribution in [0, 0.1) is 0 Å². The Morgan fingerprint density at radius 1 is 1.18 bits per heavy atom. The molecule has 0 aromatic heterocycles. The molecule has 96 valence electrons. The summed E-state index contributed by atoms with van der Waals surface area (Å²) in [5, 5.41) is 20.3. The van der Waals surface area contributed by atoms with Crippen molar-refractivity contribution in [3.05, 3.63) is 35.9 Å². The molecule has 0 spiro atoms. The number of alkyl halides is 3. The molecule has 0 aliphatic rings. The Labute approximate surface area is 96.9 Å². The highest BCUT2D eigenvalue weighted by Crippen LogP contribution is 2.20. The minimum absolute atomic E-state index is 0.339. The fraction of sp³-hybridized carbons (Fsp3) is 0.455. The average molecular weight is 249 g/mol. The van der Waals surface area contributed by atoms with E-state index in [1.165, 1.54) is 0 Å². The molecule has 0 radical (unpaired) electrons. The number of hydrogen-bond acceptors (Lipinski definition) is 3. The van der Waals surface area contributed by atoms with Gasteiger partial charge in [0.05, 0.1) is 12.6 Å². The molecule has 0 amide bonds. The standard InChI is InChI=1S/C11H14F3NO2/c12-11(13,14)10(17)6-15-9(7-16)8-4-2-1-3-5-8/h1-5,9-10,15-17H,6-7H2/t9-,10+/m0/s1. The van der Waals surface area contributed by atoms with Crippen LogP contribution in [0.5, 0.6) is 0 Å². The van der Waals surface area contributed by atoms with Crippen LogP contribution in [0.2, 0.25) is 0 Å². The van der Waals surface area contributed by atoms with Crippen molar-refractivity contribution < 1.29 is 23.4 Å². The lowest BCUT2D eigenvalue weighted by Gasteiger charge is -2.20. The Kier molecular flexibility index (Phi) is 4.92. The van der Waals surface area contributed by atoms with E-state index in [9.17, 15) is 13.2 Å². The minimum Gasteiger partial charge on any atom is -0.394 e. The average Bonchev–Trinajstić information content (AvgIpc) is 2.29. The van der Waals surface area contributed by atoms with Crippen molar-refractivity contribution in [1.29, 1.82) is 0 Å². The Hall–Kier alpha value is -1.11. The summed E-state index contributed by atoms with van der Waals surface area (Å²) >= 11 is 0. The molecule has 0 fully saturated rings. The number of aliphatic hydroxyl groups excluding tert-OH is 2. The van der Waals surface area contributed by atoms with Gasteiger partial charge in [-0.3, -0.25) is 0 Å². The van der Waals surface area contributed by atoms with Crippen molar-refractivity contribution in [3.63, 3.8) is 0 Å². The monoisotopic (exact) mass is 249 g/mol. The highest BCUT2D eigenvalue weighted by molar-refractivity contribution is 5.18. The molecule has 0 saturated carbocycles. The number of aliphatic hydroxyl groups is 2. The van der Waals surface area contributed by atoms with Gasteiger partial charge in [0, 0.05) is 6.54 Å². The molecule has 1 rings (SSSR count). The van der Waals surface area contributed by atoms with Crippen molar-refractivity contribution in [2.75, 3.05) is 13.2 Å². The summed E-state index contributed by atoms with van der Waals surface area (Å²) < 4.78 is 36.2. The van der Waals surface area contributed by atoms with Gasteiger partial charge in [-0.1, -0.05) is 30.3 Å². The molecule has 0 heterocycles. The van der Waals surface area contributed by atoms with Gasteiger partial charge < -0.3 is 15.5 Å². The number of hydrogen-bond donors (Lipinski definition) is 3. The highest BCUT2D eigenvalue weighted by Gasteiger charge is 2.38. The van der Waals surface area contributed by atoms with Crippen LogP contribution in [0.15, 0.2) is 30.3 Å². The summed E-state index contributed by atoms with van der Waals surface area (Å²) in [7, 11) is 0. The molecule has 3 nitrogen and oxygen atoms in total. The van der Waals surface area contributed by atoms with Crippen LogP contribution in [-0.2, 0) is 0 Å². The van der Waals surface area contributed by atoms with E-state index in [4.69, 9.17) is 10.2 Å². The Balaban J connectivity index is 2.55. The number of benzene rings is 1. The second-order valence-electron chi connectivity index (χ2n) is 3.61. The summed E-state index contributed by atoms with van der Waals surface area (Å²) in [5.41, 5.74) is 0.671. The summed E-state index contributed by atoms with van der Waals surface area (Å²) in [6.45, 7) is -0.988. The third-order valence-corrected chi connectivity index (χ3v) is 2.32. The first-order valence-corrected chi connectivity index (χ1v) is 5.09. The second-order valence-corrected chi connectivity index (χ2v) is 3.61. The van der Waals surface area contributed by atoms with Gasteiger partial charge in [-0.25, -0.2) is 0 Å². The van der Waals surface area contributed by atoms with Gasteiger partial charge in [0.2, 0.25) is 0 Å². The fourth-order valence-corrected chi connectivity index (χ4v) is 1.34. The smallest absolute Gasteiger partial charge is 0.394 e. The lowest BCUT2D eigenvalue weighted by atomic mass is 10.1. The van der Waals surface area contributed by atoms with E-state index in [2.05, 4.69) is 5.32 Å². The first kappa shape index (κ1) is 14.0. The molecule has 0 saturated heterocycles. The van der Waals surface area contributed by atoms with Crippen molar-refractivity contribution >= 4 is 0 Å². The molecule has 0 bridgehead atoms. The third kappa shape index (κ3) is 4.33. The normalized spacial score (nSPS) is 15.6. The maximum Gasteiger partial charge on any atom is 0.415 e. The van der Waals surface area contributed by atoms with Crippen LogP contribution in [0.1, 0.15) is 11.6 Å². The maximum absolute atomic E-state index is 12.1.